The molecule has 2 aliphatic heterocycles. The number of carbonyl (C=O) groups excluding carboxylic acids is 1. The van der Waals surface area contributed by atoms with Crippen molar-refractivity contribution in [2.75, 3.05) is 40.4 Å². The fourth-order valence-electron chi connectivity index (χ4n) is 4.09. The van der Waals surface area contributed by atoms with Gasteiger partial charge in [-0.2, -0.15) is 0 Å². The number of β-amino-alcohol motifs (C(OH)–C–C–N with tert-alkyl or cyclic N) is 1. The van der Waals surface area contributed by atoms with E-state index in [0.717, 1.165) is 12.0 Å². The largest absolute Gasteiger partial charge is 0.493 e. The van der Waals surface area contributed by atoms with E-state index in [2.05, 4.69) is 4.90 Å². The Morgan fingerprint density at radius 1 is 1.19 bits per heavy atom. The van der Waals surface area contributed by atoms with Gasteiger partial charge in [-0.25, -0.2) is 0 Å². The number of hydrogen-bond donors (Lipinski definition) is 2. The van der Waals surface area contributed by atoms with Gasteiger partial charge in [-0.3, -0.25) is 9.69 Å². The predicted molar refractivity (Wildman–Crippen MR) is 101 cm³/mol. The van der Waals surface area contributed by atoms with Crippen LogP contribution in [0.15, 0.2) is 18.2 Å². The van der Waals surface area contributed by atoms with Gasteiger partial charge in [-0.1, -0.05) is 12.1 Å². The number of hydrogen-bond acceptors (Lipinski definition) is 6. The molecule has 0 saturated carbocycles. The molecule has 1 aromatic carbocycles. The number of aliphatic hydroxyl groups excluding tert-OH is 1. The third-order valence-corrected chi connectivity index (χ3v) is 5.59. The molecule has 2 aliphatic rings. The summed E-state index contributed by atoms with van der Waals surface area (Å²) in [5.41, 5.74) is -0.511. The number of aliphatic hydroxyl groups is 2. The van der Waals surface area contributed by atoms with Crippen LogP contribution in [0, 0.1) is 0 Å². The second kappa shape index (κ2) is 8.46. The zero-order valence-electron chi connectivity index (χ0n) is 16.2. The normalized spacial score (nSPS) is 24.9. The predicted octanol–water partition coefficient (Wildman–Crippen LogP) is 1.01. The SMILES string of the molecule is COc1cccc(CN2CCC[C@](O)(CN3CCC(O)CC3)C2=O)c1OC. The molecule has 0 bridgehead atoms. The molecule has 0 aromatic heterocycles. The van der Waals surface area contributed by atoms with Crippen LogP contribution in [0.5, 0.6) is 11.5 Å². The van der Waals surface area contributed by atoms with Gasteiger partial charge >= 0.3 is 0 Å². The number of ether oxygens (including phenoxy) is 2. The molecular formula is C20H30N2O5. The Morgan fingerprint density at radius 2 is 1.93 bits per heavy atom. The standard InChI is InChI=1S/C20H30N2O5/c1-26-17-6-3-5-15(18(17)27-2)13-22-10-4-9-20(25,19(22)24)14-21-11-7-16(23)8-12-21/h3,5-6,16,23,25H,4,7-14H2,1-2H3/t20-/m0/s1. The van der Waals surface area contributed by atoms with Crippen LogP contribution in [0.2, 0.25) is 0 Å². The van der Waals surface area contributed by atoms with Crippen molar-refractivity contribution in [1.82, 2.24) is 9.80 Å². The summed E-state index contributed by atoms with van der Waals surface area (Å²) in [6, 6.07) is 5.60. The molecule has 0 aliphatic carbocycles. The molecule has 2 N–H and O–H groups in total. The number of methoxy groups -OCH3 is 2. The van der Waals surface area contributed by atoms with Crippen molar-refractivity contribution < 1.29 is 24.5 Å². The summed E-state index contributed by atoms with van der Waals surface area (Å²) >= 11 is 0. The molecule has 0 unspecified atom stereocenters. The number of amides is 1. The topological polar surface area (TPSA) is 82.5 Å². The van der Waals surface area contributed by atoms with E-state index in [9.17, 15) is 15.0 Å². The summed E-state index contributed by atoms with van der Waals surface area (Å²) in [6.45, 7) is 2.73. The van der Waals surface area contributed by atoms with Crippen molar-refractivity contribution in [3.8, 4) is 11.5 Å². The molecule has 7 nitrogen and oxygen atoms in total. The van der Waals surface area contributed by atoms with Crippen molar-refractivity contribution >= 4 is 5.91 Å². The lowest BCUT2D eigenvalue weighted by Crippen LogP contribution is -2.59. The van der Waals surface area contributed by atoms with Gasteiger partial charge in [0.25, 0.3) is 5.91 Å². The van der Waals surface area contributed by atoms with E-state index >= 15 is 0 Å². The summed E-state index contributed by atoms with van der Waals surface area (Å²) in [5.74, 6) is 1.01. The van der Waals surface area contributed by atoms with Crippen LogP contribution < -0.4 is 9.47 Å². The van der Waals surface area contributed by atoms with Gasteiger partial charge in [0.15, 0.2) is 17.1 Å². The van der Waals surface area contributed by atoms with Gasteiger partial charge in [-0.15, -0.1) is 0 Å². The fraction of sp³-hybridized carbons (Fsp3) is 0.650. The number of nitrogens with zero attached hydrogens (tertiary/aromatic N) is 2. The van der Waals surface area contributed by atoms with E-state index < -0.39 is 5.60 Å². The van der Waals surface area contributed by atoms with Gasteiger partial charge in [0.2, 0.25) is 0 Å². The van der Waals surface area contributed by atoms with E-state index in [1.807, 2.05) is 18.2 Å². The second-order valence-electron chi connectivity index (χ2n) is 7.52. The molecule has 2 fully saturated rings. The molecule has 3 rings (SSSR count). The molecule has 2 saturated heterocycles. The van der Waals surface area contributed by atoms with Crippen molar-refractivity contribution in [1.29, 1.82) is 0 Å². The van der Waals surface area contributed by atoms with E-state index in [4.69, 9.17) is 9.47 Å². The minimum Gasteiger partial charge on any atom is -0.493 e. The third-order valence-electron chi connectivity index (χ3n) is 5.59. The summed E-state index contributed by atoms with van der Waals surface area (Å²) in [5, 5.41) is 20.7. The highest BCUT2D eigenvalue weighted by Gasteiger charge is 2.43. The Kier molecular flexibility index (Phi) is 6.24. The van der Waals surface area contributed by atoms with E-state index in [0.29, 0.717) is 63.5 Å². The number of likely N-dealkylation sites (tertiary alicyclic amines) is 2. The summed E-state index contributed by atoms with van der Waals surface area (Å²) in [4.78, 5) is 16.9. The zero-order chi connectivity index (χ0) is 19.4. The summed E-state index contributed by atoms with van der Waals surface area (Å²) in [6.07, 6.45) is 2.33. The first kappa shape index (κ1) is 19.9. The van der Waals surface area contributed by atoms with Crippen molar-refractivity contribution in [2.24, 2.45) is 0 Å². The zero-order valence-corrected chi connectivity index (χ0v) is 16.2. The number of rotatable bonds is 6. The first-order valence-electron chi connectivity index (χ1n) is 9.59. The number of para-hydroxylation sites is 1. The van der Waals surface area contributed by atoms with Gasteiger partial charge in [0.05, 0.1) is 20.3 Å². The van der Waals surface area contributed by atoms with Crippen molar-refractivity contribution in [3.05, 3.63) is 23.8 Å². The Hall–Kier alpha value is -1.83. The lowest BCUT2D eigenvalue weighted by molar-refractivity contribution is -0.160. The highest BCUT2D eigenvalue weighted by atomic mass is 16.5. The maximum atomic E-state index is 13.1. The van der Waals surface area contributed by atoms with Crippen molar-refractivity contribution in [3.63, 3.8) is 0 Å². The average molecular weight is 378 g/mol. The molecule has 0 radical (unpaired) electrons. The summed E-state index contributed by atoms with van der Waals surface area (Å²) < 4.78 is 10.8. The highest BCUT2D eigenvalue weighted by Crippen LogP contribution is 2.33. The molecule has 150 valence electrons. The molecule has 1 atom stereocenters. The van der Waals surface area contributed by atoms with Gasteiger partial charge in [0, 0.05) is 38.3 Å². The van der Waals surface area contributed by atoms with E-state index in [1.165, 1.54) is 0 Å². The lowest BCUT2D eigenvalue weighted by atomic mass is 9.90. The Labute approximate surface area is 160 Å². The molecule has 27 heavy (non-hydrogen) atoms. The Morgan fingerprint density at radius 3 is 2.59 bits per heavy atom. The van der Waals surface area contributed by atoms with E-state index in [-0.39, 0.29) is 12.0 Å². The van der Waals surface area contributed by atoms with Gasteiger partial charge in [0.1, 0.15) is 0 Å². The highest BCUT2D eigenvalue weighted by molar-refractivity contribution is 5.86. The molecular weight excluding hydrogens is 348 g/mol. The Balaban J connectivity index is 1.71. The molecule has 0 spiro atoms. The monoisotopic (exact) mass is 378 g/mol. The van der Waals surface area contributed by atoms with Crippen LogP contribution in [0.3, 0.4) is 0 Å². The van der Waals surface area contributed by atoms with Crippen molar-refractivity contribution in [2.45, 2.75) is 43.9 Å². The van der Waals surface area contributed by atoms with Crippen LogP contribution in [-0.4, -0.2) is 78.0 Å². The smallest absolute Gasteiger partial charge is 0.256 e. The van der Waals surface area contributed by atoms with Gasteiger partial charge in [-0.05, 0) is 31.7 Å². The molecule has 2 heterocycles. The fourth-order valence-corrected chi connectivity index (χ4v) is 4.09. The first-order chi connectivity index (χ1) is 13.0. The number of carbonyl (C=O) groups is 1. The quantitative estimate of drug-likeness (QED) is 0.769. The maximum absolute atomic E-state index is 13.1. The van der Waals surface area contributed by atoms with Crippen LogP contribution in [0.1, 0.15) is 31.2 Å². The minimum absolute atomic E-state index is 0.232. The number of piperidine rings is 2. The third kappa shape index (κ3) is 4.36. The van der Waals surface area contributed by atoms with E-state index in [1.54, 1.807) is 19.1 Å². The number of benzene rings is 1. The van der Waals surface area contributed by atoms with Gasteiger partial charge < -0.3 is 24.6 Å². The maximum Gasteiger partial charge on any atom is 0.256 e. The van der Waals surface area contributed by atoms with Crippen LogP contribution in [-0.2, 0) is 11.3 Å². The van der Waals surface area contributed by atoms with Crippen LogP contribution >= 0.6 is 0 Å². The van der Waals surface area contributed by atoms with Crippen LogP contribution in [0.25, 0.3) is 0 Å². The molecule has 1 amide bonds. The first-order valence-corrected chi connectivity index (χ1v) is 9.59. The summed E-state index contributed by atoms with van der Waals surface area (Å²) in [7, 11) is 3.17. The average Bonchev–Trinajstić information content (AvgIpc) is 2.67. The van der Waals surface area contributed by atoms with Crippen LogP contribution in [0.4, 0.5) is 0 Å². The molecule has 1 aromatic rings. The lowest BCUT2D eigenvalue weighted by Gasteiger charge is -2.42. The second-order valence-corrected chi connectivity index (χ2v) is 7.52. The Bertz CT molecular complexity index is 660. The minimum atomic E-state index is -1.37. The molecule has 7 heteroatoms.